The van der Waals surface area contributed by atoms with Gasteiger partial charge in [-0.2, -0.15) is 0 Å². The monoisotopic (exact) mass is 224 g/mol. The fourth-order valence-electron chi connectivity index (χ4n) is 1.67. The Balaban J connectivity index is 1.94. The smallest absolute Gasteiger partial charge is 0.0512 e. The van der Waals surface area contributed by atoms with Gasteiger partial charge in [0.1, 0.15) is 0 Å². The standard InChI is InChI=1S/C15H16N2/c1-13(10-14-6-3-2-4-7-14)17-12-15-8-5-9-16-11-15/h2-9,11-13H,10H2,1H3/t13-/m0/s1. The molecule has 0 aliphatic rings. The topological polar surface area (TPSA) is 25.2 Å². The molecule has 0 N–H and O–H groups in total. The van der Waals surface area contributed by atoms with Crippen LogP contribution in [0.5, 0.6) is 0 Å². The van der Waals surface area contributed by atoms with Crippen molar-refractivity contribution in [3.8, 4) is 0 Å². The molecule has 2 heteroatoms. The normalized spacial score (nSPS) is 12.8. The summed E-state index contributed by atoms with van der Waals surface area (Å²) < 4.78 is 0. The van der Waals surface area contributed by atoms with Gasteiger partial charge in [0.2, 0.25) is 0 Å². The minimum absolute atomic E-state index is 0.289. The summed E-state index contributed by atoms with van der Waals surface area (Å²) >= 11 is 0. The van der Waals surface area contributed by atoms with Crippen molar-refractivity contribution in [2.45, 2.75) is 19.4 Å². The molecular formula is C15H16N2. The Morgan fingerprint density at radius 3 is 2.71 bits per heavy atom. The van der Waals surface area contributed by atoms with Gasteiger partial charge in [0.05, 0.1) is 6.04 Å². The van der Waals surface area contributed by atoms with Crippen molar-refractivity contribution in [2.75, 3.05) is 0 Å². The van der Waals surface area contributed by atoms with Crippen LogP contribution in [0.15, 0.2) is 59.9 Å². The maximum atomic E-state index is 4.52. The quantitative estimate of drug-likeness (QED) is 0.732. The van der Waals surface area contributed by atoms with Crippen LogP contribution < -0.4 is 0 Å². The third-order valence-electron chi connectivity index (χ3n) is 2.54. The zero-order valence-electron chi connectivity index (χ0n) is 9.95. The summed E-state index contributed by atoms with van der Waals surface area (Å²) in [4.78, 5) is 8.58. The number of pyridine rings is 1. The van der Waals surface area contributed by atoms with Gasteiger partial charge in [-0.3, -0.25) is 9.98 Å². The fraction of sp³-hybridized carbons (Fsp3) is 0.200. The lowest BCUT2D eigenvalue weighted by Gasteiger charge is -2.05. The lowest BCUT2D eigenvalue weighted by atomic mass is 10.1. The van der Waals surface area contributed by atoms with E-state index in [1.807, 2.05) is 30.6 Å². The van der Waals surface area contributed by atoms with Gasteiger partial charge >= 0.3 is 0 Å². The van der Waals surface area contributed by atoms with E-state index in [0.717, 1.165) is 12.0 Å². The number of benzene rings is 1. The SMILES string of the molecule is C[C@@H](Cc1ccccc1)N=Cc1cccnc1. The van der Waals surface area contributed by atoms with E-state index in [2.05, 4.69) is 41.2 Å². The molecule has 0 bridgehead atoms. The van der Waals surface area contributed by atoms with Crippen LogP contribution in [-0.4, -0.2) is 17.2 Å². The molecule has 2 aromatic rings. The first-order valence-electron chi connectivity index (χ1n) is 5.82. The third kappa shape index (κ3) is 3.83. The van der Waals surface area contributed by atoms with E-state index < -0.39 is 0 Å². The third-order valence-corrected chi connectivity index (χ3v) is 2.54. The molecule has 0 saturated heterocycles. The highest BCUT2D eigenvalue weighted by Crippen LogP contribution is 2.05. The largest absolute Gasteiger partial charge is 0.289 e. The molecule has 17 heavy (non-hydrogen) atoms. The molecule has 2 rings (SSSR count). The van der Waals surface area contributed by atoms with Gasteiger partial charge in [-0.15, -0.1) is 0 Å². The molecule has 2 nitrogen and oxygen atoms in total. The molecule has 0 fully saturated rings. The van der Waals surface area contributed by atoms with Gasteiger partial charge in [-0.25, -0.2) is 0 Å². The maximum Gasteiger partial charge on any atom is 0.0512 e. The Morgan fingerprint density at radius 2 is 2.00 bits per heavy atom. The number of aliphatic imine (C=N–C) groups is 1. The van der Waals surface area contributed by atoms with Crippen LogP contribution in [0.4, 0.5) is 0 Å². The van der Waals surface area contributed by atoms with Crippen LogP contribution in [0.2, 0.25) is 0 Å². The van der Waals surface area contributed by atoms with E-state index in [0.29, 0.717) is 0 Å². The second-order valence-corrected chi connectivity index (χ2v) is 4.10. The van der Waals surface area contributed by atoms with Gasteiger partial charge in [0.25, 0.3) is 0 Å². The zero-order chi connectivity index (χ0) is 11.9. The molecule has 0 radical (unpaired) electrons. The molecule has 1 heterocycles. The van der Waals surface area contributed by atoms with Crippen LogP contribution in [0.1, 0.15) is 18.1 Å². The molecular weight excluding hydrogens is 208 g/mol. The van der Waals surface area contributed by atoms with Gasteiger partial charge in [-0.05, 0) is 25.0 Å². The van der Waals surface area contributed by atoms with Gasteiger partial charge in [0, 0.05) is 24.2 Å². The van der Waals surface area contributed by atoms with Gasteiger partial charge < -0.3 is 0 Å². The highest BCUT2D eigenvalue weighted by molar-refractivity contribution is 5.78. The number of hydrogen-bond acceptors (Lipinski definition) is 2. The number of aromatic nitrogens is 1. The predicted molar refractivity (Wildman–Crippen MR) is 71.4 cm³/mol. The van der Waals surface area contributed by atoms with Crippen molar-refractivity contribution in [1.82, 2.24) is 4.98 Å². The molecule has 0 amide bonds. The van der Waals surface area contributed by atoms with Crippen molar-refractivity contribution in [1.29, 1.82) is 0 Å². The highest BCUT2D eigenvalue weighted by atomic mass is 14.8. The van der Waals surface area contributed by atoms with Crippen LogP contribution in [0.25, 0.3) is 0 Å². The van der Waals surface area contributed by atoms with Crippen molar-refractivity contribution in [2.24, 2.45) is 4.99 Å². The van der Waals surface area contributed by atoms with Crippen LogP contribution in [-0.2, 0) is 6.42 Å². The Hall–Kier alpha value is -1.96. The molecule has 0 spiro atoms. The first kappa shape index (κ1) is 11.5. The van der Waals surface area contributed by atoms with Gasteiger partial charge in [-0.1, -0.05) is 36.4 Å². The fourth-order valence-corrected chi connectivity index (χ4v) is 1.67. The molecule has 86 valence electrons. The molecule has 0 saturated carbocycles. The highest BCUT2D eigenvalue weighted by Gasteiger charge is 1.99. The van der Waals surface area contributed by atoms with Crippen LogP contribution >= 0.6 is 0 Å². The van der Waals surface area contributed by atoms with E-state index in [4.69, 9.17) is 0 Å². The van der Waals surface area contributed by atoms with E-state index in [9.17, 15) is 0 Å². The molecule has 0 unspecified atom stereocenters. The van der Waals surface area contributed by atoms with Crippen molar-refractivity contribution in [3.05, 3.63) is 66.0 Å². The van der Waals surface area contributed by atoms with Crippen LogP contribution in [0.3, 0.4) is 0 Å². The first-order valence-corrected chi connectivity index (χ1v) is 5.82. The second-order valence-electron chi connectivity index (χ2n) is 4.10. The Labute approximate surface area is 102 Å². The number of nitrogens with zero attached hydrogens (tertiary/aromatic N) is 2. The van der Waals surface area contributed by atoms with Gasteiger partial charge in [0.15, 0.2) is 0 Å². The molecule has 1 aromatic heterocycles. The van der Waals surface area contributed by atoms with Crippen molar-refractivity contribution < 1.29 is 0 Å². The summed E-state index contributed by atoms with van der Waals surface area (Å²) in [5.41, 5.74) is 2.37. The Kier molecular flexibility index (Phi) is 4.03. The minimum Gasteiger partial charge on any atom is -0.289 e. The van der Waals surface area contributed by atoms with E-state index in [-0.39, 0.29) is 6.04 Å². The maximum absolute atomic E-state index is 4.52. The number of rotatable bonds is 4. The average Bonchev–Trinajstić information content (AvgIpc) is 2.39. The molecule has 1 atom stereocenters. The molecule has 1 aromatic carbocycles. The number of hydrogen-bond donors (Lipinski definition) is 0. The Morgan fingerprint density at radius 1 is 1.18 bits per heavy atom. The van der Waals surface area contributed by atoms with E-state index in [1.165, 1.54) is 5.56 Å². The zero-order valence-corrected chi connectivity index (χ0v) is 9.95. The van der Waals surface area contributed by atoms with Crippen molar-refractivity contribution >= 4 is 6.21 Å². The summed E-state index contributed by atoms with van der Waals surface area (Å²) in [6.45, 7) is 2.12. The van der Waals surface area contributed by atoms with E-state index >= 15 is 0 Å². The summed E-state index contributed by atoms with van der Waals surface area (Å²) in [6.07, 6.45) is 6.45. The van der Waals surface area contributed by atoms with Crippen molar-refractivity contribution in [3.63, 3.8) is 0 Å². The van der Waals surface area contributed by atoms with Crippen LogP contribution in [0, 0.1) is 0 Å². The summed E-state index contributed by atoms with van der Waals surface area (Å²) in [5, 5.41) is 0. The second kappa shape index (κ2) is 5.94. The lowest BCUT2D eigenvalue weighted by Crippen LogP contribution is -2.03. The minimum atomic E-state index is 0.289. The van der Waals surface area contributed by atoms with E-state index in [1.54, 1.807) is 6.20 Å². The first-order chi connectivity index (χ1) is 8.34. The molecule has 0 aliphatic carbocycles. The summed E-state index contributed by atoms with van der Waals surface area (Å²) in [6, 6.07) is 14.6. The molecule has 0 aliphatic heterocycles. The summed E-state index contributed by atoms with van der Waals surface area (Å²) in [7, 11) is 0. The Bertz CT molecular complexity index is 463. The summed E-state index contributed by atoms with van der Waals surface area (Å²) in [5.74, 6) is 0. The predicted octanol–water partition coefficient (Wildman–Crippen LogP) is 3.13. The lowest BCUT2D eigenvalue weighted by molar-refractivity contribution is 0.744. The average molecular weight is 224 g/mol.